The summed E-state index contributed by atoms with van der Waals surface area (Å²) in [7, 11) is 0. The maximum atomic E-state index is 10.1. The molecule has 0 spiro atoms. The molecule has 1 amide bonds. The van der Waals surface area contributed by atoms with Crippen LogP contribution in [0.3, 0.4) is 0 Å². The number of carbonyl (C=O) groups is 4. The first-order chi connectivity index (χ1) is 12.7. The van der Waals surface area contributed by atoms with Crippen molar-refractivity contribution in [2.45, 2.75) is 56.3 Å². The maximum absolute atomic E-state index is 10.1. The minimum Gasteiger partial charge on any atom is -0.480 e. The number of carboxylic acid groups (broad SMARTS) is 2. The fraction of sp³-hybridized carbons (Fsp3) is 0.714. The van der Waals surface area contributed by atoms with Gasteiger partial charge in [0.25, 0.3) is 0 Å². The van der Waals surface area contributed by atoms with Crippen LogP contribution in [0.4, 0.5) is 0 Å². The van der Waals surface area contributed by atoms with Gasteiger partial charge in [-0.15, -0.1) is 0 Å². The lowest BCUT2D eigenvalue weighted by atomic mass is 10.0. The van der Waals surface area contributed by atoms with Gasteiger partial charge in [0.15, 0.2) is 6.29 Å². The molecule has 0 radical (unpaired) electrons. The number of hydrogen-bond acceptors (Lipinski definition) is 12. The van der Waals surface area contributed by atoms with Crippen molar-refractivity contribution in [1.82, 2.24) is 6.15 Å². The molecule has 0 rings (SSSR count). The van der Waals surface area contributed by atoms with Gasteiger partial charge in [-0.25, -0.2) is 4.79 Å². The van der Waals surface area contributed by atoms with Crippen molar-refractivity contribution in [3.8, 4) is 0 Å². The van der Waals surface area contributed by atoms with Crippen LogP contribution in [0.2, 0.25) is 0 Å². The van der Waals surface area contributed by atoms with Crippen LogP contribution in [-0.4, -0.2) is 108 Å². The summed E-state index contributed by atoms with van der Waals surface area (Å²) in [6.07, 6.45) is -7.95. The summed E-state index contributed by atoms with van der Waals surface area (Å²) in [5.74, 6) is -2.83. The molecule has 174 valence electrons. The predicted octanol–water partition coefficient (Wildman–Crippen LogP) is -5.10. The topological polar surface area (TPSA) is 317 Å². The molecule has 0 aliphatic heterocycles. The van der Waals surface area contributed by atoms with Gasteiger partial charge < -0.3 is 63.3 Å². The molecular weight excluding hydrogens is 402 g/mol. The van der Waals surface area contributed by atoms with E-state index in [2.05, 4.69) is 0 Å². The third kappa shape index (κ3) is 20.3. The van der Waals surface area contributed by atoms with Gasteiger partial charge in [0, 0.05) is 6.42 Å². The Morgan fingerprint density at radius 2 is 1.38 bits per heavy atom. The molecule has 15 N–H and O–H groups in total. The highest BCUT2D eigenvalue weighted by Gasteiger charge is 2.29. The van der Waals surface area contributed by atoms with E-state index in [0.717, 1.165) is 0 Å². The van der Waals surface area contributed by atoms with E-state index in [0.29, 0.717) is 0 Å². The zero-order chi connectivity index (χ0) is 23.0. The molecule has 0 saturated carbocycles. The van der Waals surface area contributed by atoms with Crippen LogP contribution in [0, 0.1) is 0 Å². The van der Waals surface area contributed by atoms with Crippen molar-refractivity contribution in [3.63, 3.8) is 0 Å². The summed E-state index contributed by atoms with van der Waals surface area (Å²) in [4.78, 5) is 39.5. The molecule has 15 heteroatoms. The number of carboxylic acids is 2. The van der Waals surface area contributed by atoms with Crippen molar-refractivity contribution in [1.29, 1.82) is 0 Å². The average molecular weight is 433 g/mol. The minimum atomic E-state index is -1.79. The first-order valence-electron chi connectivity index (χ1n) is 7.68. The number of hydrogen-bond donors (Lipinski definition) is 11. The molecule has 0 aliphatic rings. The Hall–Kier alpha value is -2.24. The Balaban J connectivity index is -0.000000167. The monoisotopic (exact) mass is 433 g/mol. The van der Waals surface area contributed by atoms with Gasteiger partial charge in [-0.3, -0.25) is 9.59 Å². The van der Waals surface area contributed by atoms with Gasteiger partial charge in [0.2, 0.25) is 5.91 Å². The van der Waals surface area contributed by atoms with Crippen LogP contribution in [0.5, 0.6) is 0 Å². The number of amides is 1. The molecular formula is C14H31N3O12. The predicted molar refractivity (Wildman–Crippen MR) is 95.6 cm³/mol. The Morgan fingerprint density at radius 3 is 1.62 bits per heavy atom. The number of aldehydes is 1. The van der Waals surface area contributed by atoms with E-state index in [9.17, 15) is 19.2 Å². The van der Waals surface area contributed by atoms with E-state index in [1.165, 1.54) is 6.92 Å². The van der Waals surface area contributed by atoms with Crippen LogP contribution in [-0.2, 0) is 19.2 Å². The second-order valence-electron chi connectivity index (χ2n) is 5.32. The van der Waals surface area contributed by atoms with E-state index in [1.807, 2.05) is 0 Å². The van der Waals surface area contributed by atoms with Crippen molar-refractivity contribution in [3.05, 3.63) is 0 Å². The zero-order valence-corrected chi connectivity index (χ0v) is 15.7. The molecule has 6 atom stereocenters. The average Bonchev–Trinajstić information content (AvgIpc) is 2.63. The van der Waals surface area contributed by atoms with E-state index in [4.69, 9.17) is 52.3 Å². The highest BCUT2D eigenvalue weighted by molar-refractivity contribution is 5.77. The molecule has 0 aromatic carbocycles. The smallest absolute Gasteiger partial charge is 0.332 e. The number of aliphatic carboxylic acids is 2. The Kier molecular flexibility index (Phi) is 22.6. The van der Waals surface area contributed by atoms with Gasteiger partial charge in [0.05, 0.1) is 6.61 Å². The highest BCUT2D eigenvalue weighted by Crippen LogP contribution is 2.02. The summed E-state index contributed by atoms with van der Waals surface area (Å²) < 4.78 is 0. The minimum absolute atomic E-state index is 0. The Bertz CT molecular complexity index is 477. The van der Waals surface area contributed by atoms with Crippen molar-refractivity contribution in [2.24, 2.45) is 11.5 Å². The standard InChI is InChI=1S/C6H12O6.C5H10N2O3.C3H6O3.H3N/c7-1-3(9)5(11)6(12)4(10)2-8;6-3(5(9)10)1-2-4(7)8;1-2(4)3(5)6;/h1,3-6,8-12H,2H2;3H,1-2,6H2,(H2,7,8)(H,9,10);2,4H,1H3,(H,5,6);1H3/t3-,4+,5+,6+;3-;;/m00../s1. The number of primary amides is 1. The molecule has 0 aromatic rings. The highest BCUT2D eigenvalue weighted by atomic mass is 16.4. The van der Waals surface area contributed by atoms with E-state index >= 15 is 0 Å². The Morgan fingerprint density at radius 1 is 0.966 bits per heavy atom. The van der Waals surface area contributed by atoms with Gasteiger partial charge >= 0.3 is 11.9 Å². The third-order valence-corrected chi connectivity index (χ3v) is 2.80. The zero-order valence-electron chi connectivity index (χ0n) is 15.7. The molecule has 1 unspecified atom stereocenters. The first kappa shape index (κ1) is 34.3. The van der Waals surface area contributed by atoms with Gasteiger partial charge in [-0.05, 0) is 13.3 Å². The largest absolute Gasteiger partial charge is 0.480 e. The third-order valence-electron chi connectivity index (χ3n) is 2.80. The van der Waals surface area contributed by atoms with E-state index in [1.54, 1.807) is 0 Å². The summed E-state index contributed by atoms with van der Waals surface area (Å²) in [6.45, 7) is 0.437. The molecule has 0 saturated heterocycles. The molecule has 15 nitrogen and oxygen atoms in total. The van der Waals surface area contributed by atoms with Crippen LogP contribution in [0.1, 0.15) is 19.8 Å². The lowest BCUT2D eigenvalue weighted by Gasteiger charge is -2.22. The molecule has 0 heterocycles. The number of aliphatic hydroxyl groups excluding tert-OH is 6. The molecule has 0 aliphatic carbocycles. The molecule has 0 fully saturated rings. The number of nitrogens with two attached hydrogens (primary N) is 2. The fourth-order valence-electron chi connectivity index (χ4n) is 1.04. The maximum Gasteiger partial charge on any atom is 0.332 e. The second kappa shape index (κ2) is 19.1. The molecule has 0 aromatic heterocycles. The van der Waals surface area contributed by atoms with Crippen molar-refractivity contribution in [2.75, 3.05) is 6.61 Å². The fourth-order valence-corrected chi connectivity index (χ4v) is 1.04. The summed E-state index contributed by atoms with van der Waals surface area (Å²) >= 11 is 0. The number of rotatable bonds is 10. The van der Waals surface area contributed by atoms with Crippen LogP contribution >= 0.6 is 0 Å². The van der Waals surface area contributed by atoms with Crippen LogP contribution in [0.15, 0.2) is 0 Å². The van der Waals surface area contributed by atoms with Gasteiger partial charge in [-0.1, -0.05) is 0 Å². The molecule has 29 heavy (non-hydrogen) atoms. The molecule has 0 bridgehead atoms. The quantitative estimate of drug-likeness (QED) is 0.143. The normalized spacial score (nSPS) is 15.9. The van der Waals surface area contributed by atoms with E-state index in [-0.39, 0.29) is 25.3 Å². The first-order valence-corrected chi connectivity index (χ1v) is 7.68. The number of carbonyl (C=O) groups excluding carboxylic acids is 2. The summed E-state index contributed by atoms with van der Waals surface area (Å²) in [5, 5.41) is 67.5. The lowest BCUT2D eigenvalue weighted by molar-refractivity contribution is -0.145. The van der Waals surface area contributed by atoms with E-state index < -0.39 is 61.0 Å². The van der Waals surface area contributed by atoms with Crippen molar-refractivity contribution < 1.29 is 60.0 Å². The van der Waals surface area contributed by atoms with Crippen LogP contribution in [0.25, 0.3) is 0 Å². The lowest BCUT2D eigenvalue weighted by Crippen LogP contribution is -2.46. The van der Waals surface area contributed by atoms with Gasteiger partial charge in [-0.2, -0.15) is 0 Å². The van der Waals surface area contributed by atoms with Gasteiger partial charge in [0.1, 0.15) is 36.6 Å². The number of aliphatic hydroxyl groups is 6. The summed E-state index contributed by atoms with van der Waals surface area (Å²) in [5.41, 5.74) is 9.81. The second-order valence-corrected chi connectivity index (χ2v) is 5.32. The SMILES string of the molecule is CC(O)C(=O)O.N.NC(=O)CC[C@H](N)C(=O)O.O=C[C@H](O)[C@@H](O)[C@H](O)[C@H](O)CO. The Labute approximate surface area is 165 Å². The van der Waals surface area contributed by atoms with Crippen molar-refractivity contribution >= 4 is 24.1 Å². The summed E-state index contributed by atoms with van der Waals surface area (Å²) in [6, 6.07) is -0.979. The van der Waals surface area contributed by atoms with Crippen LogP contribution < -0.4 is 17.6 Å².